The second-order valence-electron chi connectivity index (χ2n) is 4.41. The van der Waals surface area contributed by atoms with E-state index in [0.717, 1.165) is 22.0 Å². The van der Waals surface area contributed by atoms with Gasteiger partial charge in [0, 0.05) is 35.3 Å². The third-order valence-corrected chi connectivity index (χ3v) is 3.23. The number of aromatic nitrogens is 1. The van der Waals surface area contributed by atoms with Crippen molar-refractivity contribution >= 4 is 16.6 Å². The Balaban J connectivity index is 2.19. The van der Waals surface area contributed by atoms with E-state index in [-0.39, 0.29) is 0 Å². The number of hydrogen-bond acceptors (Lipinski definition) is 1. The molecule has 2 nitrogen and oxygen atoms in total. The molecular formula is C16H14N2. The van der Waals surface area contributed by atoms with E-state index >= 15 is 0 Å². The maximum Gasteiger partial charge on any atom is 0.0706 e. The Morgan fingerprint density at radius 1 is 0.944 bits per heavy atom. The fraction of sp³-hybridized carbons (Fsp3) is 0.0625. The summed E-state index contributed by atoms with van der Waals surface area (Å²) in [5.74, 6) is 0. The molecule has 0 bridgehead atoms. The second-order valence-corrected chi connectivity index (χ2v) is 4.41. The van der Waals surface area contributed by atoms with Crippen LogP contribution in [0.2, 0.25) is 0 Å². The lowest BCUT2D eigenvalue weighted by Gasteiger charge is -2.02. The standard InChI is InChI=1S/C16H14N2/c1-18-11-14(13-9-5-6-10-15(13)18)16(17)12-7-3-2-4-8-12/h2-11,17H,1H3. The van der Waals surface area contributed by atoms with E-state index < -0.39 is 0 Å². The van der Waals surface area contributed by atoms with Gasteiger partial charge >= 0.3 is 0 Å². The average molecular weight is 234 g/mol. The maximum absolute atomic E-state index is 8.35. The zero-order valence-corrected chi connectivity index (χ0v) is 10.2. The molecule has 0 amide bonds. The van der Waals surface area contributed by atoms with Crippen LogP contribution in [0, 0.1) is 5.41 Å². The van der Waals surface area contributed by atoms with Crippen LogP contribution >= 0.6 is 0 Å². The van der Waals surface area contributed by atoms with Gasteiger partial charge in [0.25, 0.3) is 0 Å². The maximum atomic E-state index is 8.35. The molecule has 0 saturated carbocycles. The van der Waals surface area contributed by atoms with Crippen molar-refractivity contribution in [1.29, 1.82) is 5.41 Å². The topological polar surface area (TPSA) is 28.8 Å². The van der Waals surface area contributed by atoms with Crippen LogP contribution in [0.5, 0.6) is 0 Å². The van der Waals surface area contributed by atoms with Gasteiger partial charge < -0.3 is 4.57 Å². The number of fused-ring (bicyclic) bond motifs is 1. The SMILES string of the molecule is Cn1cc(C(=N)c2ccccc2)c2ccccc21. The van der Waals surface area contributed by atoms with Gasteiger partial charge in [-0.15, -0.1) is 0 Å². The molecule has 88 valence electrons. The van der Waals surface area contributed by atoms with Gasteiger partial charge in [-0.2, -0.15) is 0 Å². The van der Waals surface area contributed by atoms with Crippen LogP contribution in [0.25, 0.3) is 10.9 Å². The molecule has 1 heterocycles. The number of benzene rings is 2. The lowest BCUT2D eigenvalue weighted by atomic mass is 10.0. The van der Waals surface area contributed by atoms with Gasteiger partial charge in [-0.3, -0.25) is 5.41 Å². The number of nitrogens with one attached hydrogen (secondary N) is 1. The Kier molecular flexibility index (Phi) is 2.49. The van der Waals surface area contributed by atoms with E-state index in [0.29, 0.717) is 5.71 Å². The summed E-state index contributed by atoms with van der Waals surface area (Å²) >= 11 is 0. The summed E-state index contributed by atoms with van der Waals surface area (Å²) in [6.07, 6.45) is 2.03. The predicted octanol–water partition coefficient (Wildman–Crippen LogP) is 3.59. The van der Waals surface area contributed by atoms with Gasteiger partial charge in [0.1, 0.15) is 0 Å². The van der Waals surface area contributed by atoms with Crippen LogP contribution < -0.4 is 0 Å². The van der Waals surface area contributed by atoms with Gasteiger partial charge in [-0.25, -0.2) is 0 Å². The van der Waals surface area contributed by atoms with Crippen molar-refractivity contribution in [2.45, 2.75) is 0 Å². The van der Waals surface area contributed by atoms with Crippen LogP contribution in [-0.4, -0.2) is 10.3 Å². The Morgan fingerprint density at radius 3 is 2.39 bits per heavy atom. The fourth-order valence-corrected chi connectivity index (χ4v) is 2.30. The summed E-state index contributed by atoms with van der Waals surface area (Å²) < 4.78 is 2.07. The molecule has 2 heteroatoms. The molecule has 1 aromatic heterocycles. The first-order valence-electron chi connectivity index (χ1n) is 5.96. The van der Waals surface area contributed by atoms with Crippen molar-refractivity contribution in [2.24, 2.45) is 7.05 Å². The smallest absolute Gasteiger partial charge is 0.0706 e. The number of aryl methyl sites for hydroxylation is 1. The van der Waals surface area contributed by atoms with Gasteiger partial charge in [-0.1, -0.05) is 48.5 Å². The Labute approximate surface area is 106 Å². The van der Waals surface area contributed by atoms with Gasteiger partial charge in [0.05, 0.1) is 5.71 Å². The van der Waals surface area contributed by atoms with Crippen molar-refractivity contribution in [1.82, 2.24) is 4.57 Å². The summed E-state index contributed by atoms with van der Waals surface area (Å²) in [4.78, 5) is 0. The molecule has 0 aliphatic rings. The molecule has 0 radical (unpaired) electrons. The molecule has 0 atom stereocenters. The summed E-state index contributed by atoms with van der Waals surface area (Å²) in [7, 11) is 2.02. The molecule has 0 saturated heterocycles. The van der Waals surface area contributed by atoms with Crippen molar-refractivity contribution in [3.05, 3.63) is 71.9 Å². The highest BCUT2D eigenvalue weighted by molar-refractivity contribution is 6.17. The van der Waals surface area contributed by atoms with Crippen LogP contribution in [-0.2, 0) is 7.05 Å². The van der Waals surface area contributed by atoms with Gasteiger partial charge in [0.2, 0.25) is 0 Å². The van der Waals surface area contributed by atoms with Crippen molar-refractivity contribution in [3.8, 4) is 0 Å². The minimum atomic E-state index is 0.576. The fourth-order valence-electron chi connectivity index (χ4n) is 2.30. The molecule has 0 spiro atoms. The first kappa shape index (κ1) is 10.8. The average Bonchev–Trinajstić information content (AvgIpc) is 2.77. The van der Waals surface area contributed by atoms with Crippen molar-refractivity contribution in [2.75, 3.05) is 0 Å². The lowest BCUT2D eigenvalue weighted by molar-refractivity contribution is 0.968. The first-order chi connectivity index (χ1) is 8.77. The Hall–Kier alpha value is -2.35. The molecule has 3 rings (SSSR count). The zero-order valence-electron chi connectivity index (χ0n) is 10.2. The molecule has 3 aromatic rings. The quantitative estimate of drug-likeness (QED) is 0.656. The van der Waals surface area contributed by atoms with Gasteiger partial charge in [-0.05, 0) is 6.07 Å². The van der Waals surface area contributed by atoms with Crippen LogP contribution in [0.4, 0.5) is 0 Å². The highest BCUT2D eigenvalue weighted by Gasteiger charge is 2.11. The van der Waals surface area contributed by atoms with E-state index in [1.54, 1.807) is 0 Å². The van der Waals surface area contributed by atoms with Crippen LogP contribution in [0.1, 0.15) is 11.1 Å². The van der Waals surface area contributed by atoms with E-state index in [2.05, 4.69) is 16.7 Å². The predicted molar refractivity (Wildman–Crippen MR) is 75.3 cm³/mol. The number of rotatable bonds is 2. The number of hydrogen-bond donors (Lipinski definition) is 1. The van der Waals surface area contributed by atoms with E-state index in [9.17, 15) is 0 Å². The lowest BCUT2D eigenvalue weighted by Crippen LogP contribution is -1.99. The van der Waals surface area contributed by atoms with E-state index in [1.807, 2.05) is 55.7 Å². The number of para-hydroxylation sites is 1. The zero-order chi connectivity index (χ0) is 12.5. The molecule has 0 aliphatic heterocycles. The van der Waals surface area contributed by atoms with E-state index in [4.69, 9.17) is 5.41 Å². The number of nitrogens with zero attached hydrogens (tertiary/aromatic N) is 1. The van der Waals surface area contributed by atoms with E-state index in [1.165, 1.54) is 0 Å². The normalized spacial score (nSPS) is 10.7. The van der Waals surface area contributed by atoms with Crippen LogP contribution in [0.15, 0.2) is 60.8 Å². The van der Waals surface area contributed by atoms with Crippen LogP contribution in [0.3, 0.4) is 0 Å². The molecule has 0 unspecified atom stereocenters. The molecular weight excluding hydrogens is 220 g/mol. The molecule has 2 aromatic carbocycles. The third kappa shape index (κ3) is 1.63. The summed E-state index contributed by atoms with van der Waals surface area (Å²) in [6.45, 7) is 0. The minimum absolute atomic E-state index is 0.576. The minimum Gasteiger partial charge on any atom is -0.350 e. The monoisotopic (exact) mass is 234 g/mol. The summed E-state index contributed by atoms with van der Waals surface area (Å²) in [6, 6.07) is 18.1. The molecule has 0 fully saturated rings. The first-order valence-corrected chi connectivity index (χ1v) is 5.96. The Bertz CT molecular complexity index is 708. The summed E-state index contributed by atoms with van der Waals surface area (Å²) in [5, 5.41) is 9.49. The highest BCUT2D eigenvalue weighted by Crippen LogP contribution is 2.22. The largest absolute Gasteiger partial charge is 0.350 e. The summed E-state index contributed by atoms with van der Waals surface area (Å²) in [5.41, 5.74) is 3.67. The molecule has 1 N–H and O–H groups in total. The second kappa shape index (κ2) is 4.15. The molecule has 0 aliphatic carbocycles. The molecule has 18 heavy (non-hydrogen) atoms. The van der Waals surface area contributed by atoms with Crippen molar-refractivity contribution in [3.63, 3.8) is 0 Å². The van der Waals surface area contributed by atoms with Gasteiger partial charge in [0.15, 0.2) is 0 Å². The van der Waals surface area contributed by atoms with Crippen molar-refractivity contribution < 1.29 is 0 Å². The Morgan fingerprint density at radius 2 is 1.61 bits per heavy atom. The third-order valence-electron chi connectivity index (χ3n) is 3.23. The highest BCUT2D eigenvalue weighted by atomic mass is 14.9.